The molecule has 1 aliphatic rings. The largest absolute Gasteiger partial charge is 0.354 e. The minimum absolute atomic E-state index is 0.0328. The van der Waals surface area contributed by atoms with Crippen molar-refractivity contribution in [2.24, 2.45) is 5.92 Å². The first kappa shape index (κ1) is 13.8. The lowest BCUT2D eigenvalue weighted by Gasteiger charge is -2.07. The topological polar surface area (TPSA) is 87.3 Å². The minimum atomic E-state index is -0.569. The van der Waals surface area contributed by atoms with Crippen molar-refractivity contribution < 1.29 is 14.4 Å². The molecule has 1 saturated carbocycles. The summed E-state index contributed by atoms with van der Waals surface area (Å²) in [7, 11) is 0. The number of urea groups is 1. The first-order chi connectivity index (χ1) is 8.13. The molecule has 0 unspecified atom stereocenters. The molecule has 3 N–H and O–H groups in total. The number of halogens is 1. The summed E-state index contributed by atoms with van der Waals surface area (Å²) < 4.78 is 0. The van der Waals surface area contributed by atoms with E-state index in [1.54, 1.807) is 0 Å². The maximum Gasteiger partial charge on any atom is 0.321 e. The predicted octanol–water partition coefficient (Wildman–Crippen LogP) is -0.0327. The number of carbonyl (C=O) groups is 3. The third-order valence-electron chi connectivity index (χ3n) is 2.23. The van der Waals surface area contributed by atoms with E-state index in [1.165, 1.54) is 0 Å². The van der Waals surface area contributed by atoms with E-state index in [-0.39, 0.29) is 24.1 Å². The second-order valence-corrected chi connectivity index (χ2v) is 4.19. The average molecular weight is 262 g/mol. The van der Waals surface area contributed by atoms with Crippen LogP contribution in [0.15, 0.2) is 0 Å². The van der Waals surface area contributed by atoms with Gasteiger partial charge in [0.05, 0.1) is 0 Å². The molecular formula is C10H16ClN3O3. The zero-order valence-corrected chi connectivity index (χ0v) is 10.2. The number of hydrogen-bond acceptors (Lipinski definition) is 3. The molecule has 0 aromatic rings. The van der Waals surface area contributed by atoms with Crippen molar-refractivity contribution in [2.75, 3.05) is 19.0 Å². The zero-order valence-electron chi connectivity index (χ0n) is 9.42. The van der Waals surface area contributed by atoms with Crippen molar-refractivity contribution in [3.8, 4) is 0 Å². The molecule has 0 radical (unpaired) electrons. The molecule has 0 aliphatic heterocycles. The van der Waals surface area contributed by atoms with Crippen molar-refractivity contribution in [1.82, 2.24) is 16.0 Å². The van der Waals surface area contributed by atoms with Crippen LogP contribution in [0.3, 0.4) is 0 Å². The van der Waals surface area contributed by atoms with Gasteiger partial charge in [-0.25, -0.2) is 4.79 Å². The summed E-state index contributed by atoms with van der Waals surface area (Å²) in [5.74, 6) is -0.0459. The van der Waals surface area contributed by atoms with Gasteiger partial charge in [-0.15, -0.1) is 11.6 Å². The number of amides is 4. The standard InChI is InChI=1S/C10H16ClN3O3/c11-4-3-8(15)14-10(17)13-6-5-12-9(16)7-1-2-7/h7H,1-6H2,(H,12,16)(H2,13,14,15,17). The van der Waals surface area contributed by atoms with Crippen LogP contribution in [-0.2, 0) is 9.59 Å². The highest BCUT2D eigenvalue weighted by Crippen LogP contribution is 2.28. The Morgan fingerprint density at radius 2 is 1.76 bits per heavy atom. The van der Waals surface area contributed by atoms with E-state index in [0.29, 0.717) is 13.1 Å². The van der Waals surface area contributed by atoms with E-state index in [2.05, 4.69) is 16.0 Å². The van der Waals surface area contributed by atoms with E-state index in [0.717, 1.165) is 12.8 Å². The molecule has 0 aromatic heterocycles. The van der Waals surface area contributed by atoms with Gasteiger partial charge in [0.15, 0.2) is 0 Å². The van der Waals surface area contributed by atoms with Gasteiger partial charge in [0, 0.05) is 31.3 Å². The van der Waals surface area contributed by atoms with Crippen LogP contribution >= 0.6 is 11.6 Å². The fourth-order valence-corrected chi connectivity index (χ4v) is 1.34. The van der Waals surface area contributed by atoms with Crippen molar-refractivity contribution >= 4 is 29.4 Å². The normalized spacial score (nSPS) is 13.9. The van der Waals surface area contributed by atoms with Gasteiger partial charge in [-0.3, -0.25) is 14.9 Å². The van der Waals surface area contributed by atoms with Crippen LogP contribution in [0, 0.1) is 5.92 Å². The molecule has 7 heteroatoms. The molecule has 0 heterocycles. The zero-order chi connectivity index (χ0) is 12.7. The van der Waals surface area contributed by atoms with Gasteiger partial charge in [-0.1, -0.05) is 0 Å². The Labute approximate surface area is 104 Å². The molecule has 1 rings (SSSR count). The Bertz CT molecular complexity index is 305. The highest BCUT2D eigenvalue weighted by Gasteiger charge is 2.28. The van der Waals surface area contributed by atoms with Gasteiger partial charge in [-0.2, -0.15) is 0 Å². The minimum Gasteiger partial charge on any atom is -0.354 e. The Morgan fingerprint density at radius 3 is 2.35 bits per heavy atom. The summed E-state index contributed by atoms with van der Waals surface area (Å²) in [6, 6.07) is -0.569. The quantitative estimate of drug-likeness (QED) is 0.463. The van der Waals surface area contributed by atoms with Crippen LogP contribution in [0.1, 0.15) is 19.3 Å². The second-order valence-electron chi connectivity index (χ2n) is 3.81. The molecule has 0 atom stereocenters. The molecule has 0 bridgehead atoms. The van der Waals surface area contributed by atoms with E-state index in [1.807, 2.05) is 0 Å². The molecule has 6 nitrogen and oxygen atoms in total. The van der Waals surface area contributed by atoms with Gasteiger partial charge in [0.2, 0.25) is 11.8 Å². The van der Waals surface area contributed by atoms with Crippen LogP contribution < -0.4 is 16.0 Å². The maximum atomic E-state index is 11.2. The molecular weight excluding hydrogens is 246 g/mol. The smallest absolute Gasteiger partial charge is 0.321 e. The van der Waals surface area contributed by atoms with Crippen molar-refractivity contribution in [2.45, 2.75) is 19.3 Å². The molecule has 0 aromatic carbocycles. The monoisotopic (exact) mass is 261 g/mol. The van der Waals surface area contributed by atoms with Crippen molar-refractivity contribution in [3.63, 3.8) is 0 Å². The first-order valence-electron chi connectivity index (χ1n) is 5.55. The number of carbonyl (C=O) groups excluding carboxylic acids is 3. The first-order valence-corrected chi connectivity index (χ1v) is 6.08. The summed E-state index contributed by atoms with van der Waals surface area (Å²) in [4.78, 5) is 33.3. The van der Waals surface area contributed by atoms with Crippen LogP contribution in [0.2, 0.25) is 0 Å². The fourth-order valence-electron chi connectivity index (χ4n) is 1.17. The molecule has 0 spiro atoms. The third kappa shape index (κ3) is 6.11. The number of hydrogen-bond donors (Lipinski definition) is 3. The van der Waals surface area contributed by atoms with Gasteiger partial charge in [0.1, 0.15) is 0 Å². The van der Waals surface area contributed by atoms with E-state index >= 15 is 0 Å². The summed E-state index contributed by atoms with van der Waals surface area (Å²) >= 11 is 5.34. The summed E-state index contributed by atoms with van der Waals surface area (Å²) in [6.45, 7) is 0.658. The van der Waals surface area contributed by atoms with E-state index in [9.17, 15) is 14.4 Å². The van der Waals surface area contributed by atoms with Gasteiger partial charge in [0.25, 0.3) is 0 Å². The Hall–Kier alpha value is -1.30. The SMILES string of the molecule is O=C(CCCl)NC(=O)NCCNC(=O)C1CC1. The van der Waals surface area contributed by atoms with E-state index in [4.69, 9.17) is 11.6 Å². The van der Waals surface area contributed by atoms with Crippen LogP contribution in [0.25, 0.3) is 0 Å². The number of rotatable bonds is 6. The Morgan fingerprint density at radius 1 is 1.12 bits per heavy atom. The number of alkyl halides is 1. The average Bonchev–Trinajstić information content (AvgIpc) is 3.08. The van der Waals surface area contributed by atoms with Crippen molar-refractivity contribution in [3.05, 3.63) is 0 Å². The molecule has 17 heavy (non-hydrogen) atoms. The molecule has 96 valence electrons. The van der Waals surface area contributed by atoms with Crippen LogP contribution in [0.5, 0.6) is 0 Å². The molecule has 4 amide bonds. The van der Waals surface area contributed by atoms with E-state index < -0.39 is 11.9 Å². The third-order valence-corrected chi connectivity index (χ3v) is 2.42. The molecule has 0 saturated heterocycles. The van der Waals surface area contributed by atoms with Crippen LogP contribution in [0.4, 0.5) is 4.79 Å². The highest BCUT2D eigenvalue weighted by atomic mass is 35.5. The van der Waals surface area contributed by atoms with Gasteiger partial charge >= 0.3 is 6.03 Å². The molecule has 1 fully saturated rings. The Balaban J connectivity index is 1.99. The Kier molecular flexibility index (Phi) is 5.76. The highest BCUT2D eigenvalue weighted by molar-refractivity contribution is 6.19. The number of nitrogens with one attached hydrogen (secondary N) is 3. The summed E-state index contributed by atoms with van der Waals surface area (Å²) in [6.07, 6.45) is 2.01. The van der Waals surface area contributed by atoms with Crippen molar-refractivity contribution in [1.29, 1.82) is 0 Å². The van der Waals surface area contributed by atoms with Crippen LogP contribution in [-0.4, -0.2) is 36.8 Å². The summed E-state index contributed by atoms with van der Waals surface area (Å²) in [5, 5.41) is 7.27. The molecule has 1 aliphatic carbocycles. The number of imide groups is 1. The lowest BCUT2D eigenvalue weighted by Crippen LogP contribution is -2.42. The van der Waals surface area contributed by atoms with Gasteiger partial charge in [-0.05, 0) is 12.8 Å². The second kappa shape index (κ2) is 7.11. The van der Waals surface area contributed by atoms with Gasteiger partial charge < -0.3 is 10.6 Å². The fraction of sp³-hybridized carbons (Fsp3) is 0.700. The summed E-state index contributed by atoms with van der Waals surface area (Å²) in [5.41, 5.74) is 0. The lowest BCUT2D eigenvalue weighted by molar-refractivity contribution is -0.122. The lowest BCUT2D eigenvalue weighted by atomic mass is 10.4. The predicted molar refractivity (Wildman–Crippen MR) is 62.6 cm³/mol. The maximum absolute atomic E-state index is 11.2.